The van der Waals surface area contributed by atoms with Crippen LogP contribution in [0.3, 0.4) is 0 Å². The van der Waals surface area contributed by atoms with Crippen molar-refractivity contribution in [2.24, 2.45) is 0 Å². The number of aryl methyl sites for hydroxylation is 1. The molecule has 9 nitrogen and oxygen atoms in total. The van der Waals surface area contributed by atoms with Gasteiger partial charge in [-0.3, -0.25) is 13.8 Å². The van der Waals surface area contributed by atoms with Crippen molar-refractivity contribution in [3.63, 3.8) is 0 Å². The van der Waals surface area contributed by atoms with Gasteiger partial charge in [-0.05, 0) is 30.0 Å². The zero-order valence-electron chi connectivity index (χ0n) is 16.6. The third kappa shape index (κ3) is 3.75. The Kier molecular flexibility index (Phi) is 5.53. The van der Waals surface area contributed by atoms with E-state index in [-0.39, 0.29) is 5.56 Å². The van der Waals surface area contributed by atoms with Crippen LogP contribution in [0.2, 0.25) is 0 Å². The van der Waals surface area contributed by atoms with Gasteiger partial charge < -0.3 is 9.26 Å². The molecule has 4 heterocycles. The molecule has 0 amide bonds. The molecule has 11 heteroatoms. The smallest absolute Gasteiger partial charge is 0.262 e. The SMILES string of the molecule is COCCCn1c(=O)c2ccccc2n2c(SCc3noc(-c4ccsc4)n3)nnc12. The molecule has 0 bridgehead atoms. The van der Waals surface area contributed by atoms with Gasteiger partial charge in [0.1, 0.15) is 0 Å². The van der Waals surface area contributed by atoms with Gasteiger partial charge in [0.05, 0.1) is 22.2 Å². The summed E-state index contributed by atoms with van der Waals surface area (Å²) < 4.78 is 14.1. The zero-order chi connectivity index (χ0) is 21.2. The molecule has 0 radical (unpaired) electrons. The standard InChI is InChI=1S/C20H18N6O3S2/c1-28-9-4-8-25-18(27)14-5-2-3-6-15(14)26-19(25)22-23-20(26)31-12-16-21-17(29-24-16)13-7-10-30-11-13/h2-3,5-7,10-11H,4,8-9,12H2,1H3. The van der Waals surface area contributed by atoms with Crippen LogP contribution in [-0.2, 0) is 17.0 Å². The van der Waals surface area contributed by atoms with E-state index in [0.717, 1.165) is 11.1 Å². The summed E-state index contributed by atoms with van der Waals surface area (Å²) in [5.74, 6) is 2.04. The summed E-state index contributed by atoms with van der Waals surface area (Å²) in [6.07, 6.45) is 0.702. The number of methoxy groups -OCH3 is 1. The molecule has 5 rings (SSSR count). The lowest BCUT2D eigenvalue weighted by Gasteiger charge is -2.10. The number of benzene rings is 1. The number of hydrogen-bond donors (Lipinski definition) is 0. The lowest BCUT2D eigenvalue weighted by Crippen LogP contribution is -2.24. The van der Waals surface area contributed by atoms with E-state index >= 15 is 0 Å². The first kappa shape index (κ1) is 19.9. The fourth-order valence-corrected chi connectivity index (χ4v) is 4.75. The molecule has 0 unspecified atom stereocenters. The van der Waals surface area contributed by atoms with Crippen molar-refractivity contribution in [2.75, 3.05) is 13.7 Å². The van der Waals surface area contributed by atoms with Gasteiger partial charge in [-0.25, -0.2) is 0 Å². The van der Waals surface area contributed by atoms with Crippen LogP contribution in [0.4, 0.5) is 0 Å². The molecule has 0 atom stereocenters. The minimum atomic E-state index is -0.0817. The number of ether oxygens (including phenoxy) is 1. The molecule has 0 fully saturated rings. The molecular weight excluding hydrogens is 436 g/mol. The van der Waals surface area contributed by atoms with Crippen LogP contribution in [0.1, 0.15) is 12.2 Å². The van der Waals surface area contributed by atoms with Crippen molar-refractivity contribution in [3.8, 4) is 11.5 Å². The van der Waals surface area contributed by atoms with E-state index in [9.17, 15) is 4.79 Å². The number of fused-ring (bicyclic) bond motifs is 3. The molecule has 0 N–H and O–H groups in total. The van der Waals surface area contributed by atoms with E-state index in [1.165, 1.54) is 11.8 Å². The Morgan fingerprint density at radius 3 is 2.97 bits per heavy atom. The normalized spacial score (nSPS) is 11.6. The van der Waals surface area contributed by atoms with Crippen LogP contribution in [-0.4, -0.2) is 43.0 Å². The average Bonchev–Trinajstić information content (AvgIpc) is 3.55. The number of rotatable bonds is 8. The predicted octanol–water partition coefficient (Wildman–Crippen LogP) is 3.48. The summed E-state index contributed by atoms with van der Waals surface area (Å²) in [6.45, 7) is 1.06. The van der Waals surface area contributed by atoms with Gasteiger partial charge in [0, 0.05) is 25.6 Å². The van der Waals surface area contributed by atoms with Crippen LogP contribution in [0.25, 0.3) is 28.1 Å². The largest absolute Gasteiger partial charge is 0.385 e. The molecule has 4 aromatic heterocycles. The predicted molar refractivity (Wildman–Crippen MR) is 118 cm³/mol. The summed E-state index contributed by atoms with van der Waals surface area (Å²) in [6, 6.07) is 9.43. The number of para-hydroxylation sites is 1. The average molecular weight is 455 g/mol. The van der Waals surface area contributed by atoms with Crippen LogP contribution in [0.5, 0.6) is 0 Å². The van der Waals surface area contributed by atoms with Crippen molar-refractivity contribution in [1.82, 2.24) is 29.3 Å². The van der Waals surface area contributed by atoms with Crippen molar-refractivity contribution in [3.05, 3.63) is 57.3 Å². The van der Waals surface area contributed by atoms with E-state index in [1.807, 2.05) is 45.5 Å². The fraction of sp³-hybridized carbons (Fsp3) is 0.250. The van der Waals surface area contributed by atoms with Crippen molar-refractivity contribution in [1.29, 1.82) is 0 Å². The van der Waals surface area contributed by atoms with E-state index in [0.29, 0.717) is 53.4 Å². The number of nitrogens with zero attached hydrogens (tertiary/aromatic N) is 6. The lowest BCUT2D eigenvalue weighted by atomic mass is 10.2. The molecule has 1 aromatic carbocycles. The van der Waals surface area contributed by atoms with Crippen LogP contribution in [0.15, 0.2) is 55.6 Å². The second-order valence-electron chi connectivity index (χ2n) is 6.75. The van der Waals surface area contributed by atoms with Gasteiger partial charge in [-0.1, -0.05) is 29.1 Å². The van der Waals surface area contributed by atoms with Gasteiger partial charge in [-0.2, -0.15) is 16.3 Å². The van der Waals surface area contributed by atoms with Gasteiger partial charge in [0.25, 0.3) is 11.4 Å². The topological polar surface area (TPSA) is 100 Å². The Morgan fingerprint density at radius 2 is 2.13 bits per heavy atom. The molecule has 0 aliphatic heterocycles. The molecule has 158 valence electrons. The first-order valence-corrected chi connectivity index (χ1v) is 11.5. The Morgan fingerprint density at radius 1 is 1.23 bits per heavy atom. The highest BCUT2D eigenvalue weighted by molar-refractivity contribution is 7.98. The molecule has 0 aliphatic carbocycles. The zero-order valence-corrected chi connectivity index (χ0v) is 18.2. The Balaban J connectivity index is 1.50. The first-order valence-electron chi connectivity index (χ1n) is 9.60. The molecule has 0 aliphatic rings. The van der Waals surface area contributed by atoms with E-state index in [4.69, 9.17) is 9.26 Å². The maximum absolute atomic E-state index is 13.0. The van der Waals surface area contributed by atoms with Gasteiger partial charge >= 0.3 is 0 Å². The van der Waals surface area contributed by atoms with Crippen molar-refractivity contribution < 1.29 is 9.26 Å². The fourth-order valence-electron chi connectivity index (χ4n) is 3.34. The van der Waals surface area contributed by atoms with E-state index < -0.39 is 0 Å². The highest BCUT2D eigenvalue weighted by Crippen LogP contribution is 2.26. The minimum Gasteiger partial charge on any atom is -0.385 e. The third-order valence-electron chi connectivity index (χ3n) is 4.77. The Hall–Kier alpha value is -3.02. The number of hydrogen-bond acceptors (Lipinski definition) is 9. The lowest BCUT2D eigenvalue weighted by molar-refractivity contribution is 0.190. The molecule has 0 spiro atoms. The monoisotopic (exact) mass is 454 g/mol. The quantitative estimate of drug-likeness (QED) is 0.259. The number of thioether (sulfide) groups is 1. The summed E-state index contributed by atoms with van der Waals surface area (Å²) in [4.78, 5) is 17.5. The Labute approximate surface area is 184 Å². The van der Waals surface area contributed by atoms with Crippen molar-refractivity contribution >= 4 is 39.8 Å². The highest BCUT2D eigenvalue weighted by atomic mass is 32.2. The van der Waals surface area contributed by atoms with E-state index in [2.05, 4.69) is 20.3 Å². The van der Waals surface area contributed by atoms with Crippen molar-refractivity contribution in [2.45, 2.75) is 23.9 Å². The summed E-state index contributed by atoms with van der Waals surface area (Å²) in [5, 5.41) is 17.9. The molecule has 5 aromatic rings. The molecule has 0 saturated heterocycles. The second kappa shape index (κ2) is 8.61. The van der Waals surface area contributed by atoms with Crippen LogP contribution < -0.4 is 5.56 Å². The second-order valence-corrected chi connectivity index (χ2v) is 8.48. The molecular formula is C20H18N6O3S2. The maximum Gasteiger partial charge on any atom is 0.262 e. The summed E-state index contributed by atoms with van der Waals surface area (Å²) in [7, 11) is 1.65. The summed E-state index contributed by atoms with van der Waals surface area (Å²) in [5.41, 5.74) is 1.60. The van der Waals surface area contributed by atoms with E-state index in [1.54, 1.807) is 23.0 Å². The van der Waals surface area contributed by atoms with Gasteiger partial charge in [0.2, 0.25) is 5.78 Å². The third-order valence-corrected chi connectivity index (χ3v) is 6.38. The van der Waals surface area contributed by atoms with Crippen LogP contribution >= 0.6 is 23.1 Å². The molecule has 0 saturated carbocycles. The highest BCUT2D eigenvalue weighted by Gasteiger charge is 2.18. The van der Waals surface area contributed by atoms with Gasteiger partial charge in [0.15, 0.2) is 11.0 Å². The molecule has 31 heavy (non-hydrogen) atoms. The number of thiophene rings is 1. The summed E-state index contributed by atoms with van der Waals surface area (Å²) >= 11 is 3.02. The van der Waals surface area contributed by atoms with Gasteiger partial charge in [-0.15, -0.1) is 10.2 Å². The maximum atomic E-state index is 13.0. The number of aromatic nitrogens is 6. The minimum absolute atomic E-state index is 0.0817. The first-order chi connectivity index (χ1) is 15.3. The Bertz CT molecular complexity index is 1390. The van der Waals surface area contributed by atoms with Crippen LogP contribution in [0, 0.1) is 0 Å².